The van der Waals surface area contributed by atoms with Gasteiger partial charge in [0, 0.05) is 0 Å². The molecule has 1 fully saturated rings. The van der Waals surface area contributed by atoms with Crippen molar-refractivity contribution in [2.45, 2.75) is 58.1 Å². The standard InChI is InChI=1S/C13H25NO3/c1-3-10-7-5-6-8-12(10)17-9-11(14)13(15)16-4-2/h10-12H,3-9,14H2,1-2H3. The molecule has 3 atom stereocenters. The lowest BCUT2D eigenvalue weighted by molar-refractivity contribution is -0.147. The molecule has 0 amide bonds. The quantitative estimate of drug-likeness (QED) is 0.723. The molecule has 0 aromatic heterocycles. The predicted molar refractivity (Wildman–Crippen MR) is 66.6 cm³/mol. The highest BCUT2D eigenvalue weighted by atomic mass is 16.5. The van der Waals surface area contributed by atoms with Crippen LogP contribution in [0.2, 0.25) is 0 Å². The molecule has 2 N–H and O–H groups in total. The van der Waals surface area contributed by atoms with Crippen LogP contribution < -0.4 is 5.73 Å². The van der Waals surface area contributed by atoms with Gasteiger partial charge in [-0.2, -0.15) is 0 Å². The molecule has 0 aromatic carbocycles. The van der Waals surface area contributed by atoms with Gasteiger partial charge in [-0.1, -0.05) is 26.2 Å². The summed E-state index contributed by atoms with van der Waals surface area (Å²) in [6.45, 7) is 4.62. The van der Waals surface area contributed by atoms with Crippen LogP contribution in [0.1, 0.15) is 46.0 Å². The summed E-state index contributed by atoms with van der Waals surface area (Å²) in [4.78, 5) is 11.3. The third-order valence-electron chi connectivity index (χ3n) is 3.44. The van der Waals surface area contributed by atoms with E-state index in [0.29, 0.717) is 12.5 Å². The highest BCUT2D eigenvalue weighted by Gasteiger charge is 2.26. The molecule has 0 radical (unpaired) electrons. The van der Waals surface area contributed by atoms with E-state index in [1.807, 2.05) is 0 Å². The Morgan fingerprint density at radius 1 is 1.35 bits per heavy atom. The first-order valence-corrected chi connectivity index (χ1v) is 6.72. The highest BCUT2D eigenvalue weighted by Crippen LogP contribution is 2.29. The maximum atomic E-state index is 11.3. The van der Waals surface area contributed by atoms with E-state index in [1.54, 1.807) is 6.92 Å². The molecule has 4 heteroatoms. The number of ether oxygens (including phenoxy) is 2. The minimum Gasteiger partial charge on any atom is -0.465 e. The summed E-state index contributed by atoms with van der Waals surface area (Å²) >= 11 is 0. The second kappa shape index (κ2) is 7.67. The zero-order valence-corrected chi connectivity index (χ0v) is 11.0. The largest absolute Gasteiger partial charge is 0.465 e. The Kier molecular flexibility index (Phi) is 6.52. The van der Waals surface area contributed by atoms with E-state index in [0.717, 1.165) is 12.8 Å². The van der Waals surface area contributed by atoms with Gasteiger partial charge in [0.1, 0.15) is 6.04 Å². The van der Waals surface area contributed by atoms with Crippen molar-refractivity contribution in [3.8, 4) is 0 Å². The van der Waals surface area contributed by atoms with Crippen molar-refractivity contribution in [2.24, 2.45) is 11.7 Å². The second-order valence-corrected chi connectivity index (χ2v) is 4.68. The van der Waals surface area contributed by atoms with Crippen LogP contribution in [0.25, 0.3) is 0 Å². The van der Waals surface area contributed by atoms with Crippen LogP contribution in [-0.4, -0.2) is 31.3 Å². The average Bonchev–Trinajstić information content (AvgIpc) is 2.36. The van der Waals surface area contributed by atoms with Gasteiger partial charge in [-0.25, -0.2) is 0 Å². The van der Waals surface area contributed by atoms with Crippen LogP contribution in [0.4, 0.5) is 0 Å². The third kappa shape index (κ3) is 4.64. The first-order valence-electron chi connectivity index (χ1n) is 6.72. The molecule has 1 rings (SSSR count). The van der Waals surface area contributed by atoms with E-state index in [2.05, 4.69) is 6.92 Å². The molecule has 4 nitrogen and oxygen atoms in total. The van der Waals surface area contributed by atoms with Crippen LogP contribution >= 0.6 is 0 Å². The normalized spacial score (nSPS) is 26.5. The van der Waals surface area contributed by atoms with E-state index in [-0.39, 0.29) is 18.7 Å². The Morgan fingerprint density at radius 2 is 2.06 bits per heavy atom. The van der Waals surface area contributed by atoms with E-state index in [9.17, 15) is 4.79 Å². The van der Waals surface area contributed by atoms with Crippen molar-refractivity contribution in [3.63, 3.8) is 0 Å². The molecule has 1 aliphatic carbocycles. The van der Waals surface area contributed by atoms with Crippen LogP contribution in [0.3, 0.4) is 0 Å². The number of carbonyl (C=O) groups excluding carboxylic acids is 1. The fraction of sp³-hybridized carbons (Fsp3) is 0.923. The second-order valence-electron chi connectivity index (χ2n) is 4.68. The lowest BCUT2D eigenvalue weighted by Gasteiger charge is -2.31. The molecule has 100 valence electrons. The molecule has 0 saturated heterocycles. The summed E-state index contributed by atoms with van der Waals surface area (Å²) < 4.78 is 10.6. The summed E-state index contributed by atoms with van der Waals surface area (Å²) in [5.74, 6) is 0.259. The van der Waals surface area contributed by atoms with Gasteiger partial charge in [0.05, 0.1) is 19.3 Å². The van der Waals surface area contributed by atoms with Gasteiger partial charge in [0.2, 0.25) is 0 Å². The zero-order chi connectivity index (χ0) is 12.7. The average molecular weight is 243 g/mol. The highest BCUT2D eigenvalue weighted by molar-refractivity contribution is 5.75. The van der Waals surface area contributed by atoms with E-state index >= 15 is 0 Å². The molecule has 1 aliphatic rings. The molecule has 17 heavy (non-hydrogen) atoms. The number of nitrogens with two attached hydrogens (primary N) is 1. The molecular weight excluding hydrogens is 218 g/mol. The summed E-state index contributed by atoms with van der Waals surface area (Å²) in [6, 6.07) is -0.644. The number of hydrogen-bond acceptors (Lipinski definition) is 4. The van der Waals surface area contributed by atoms with Gasteiger partial charge in [-0.05, 0) is 25.7 Å². The molecule has 0 aromatic rings. The SMILES string of the molecule is CCOC(=O)C(N)COC1CCCCC1CC. The van der Waals surface area contributed by atoms with Crippen LogP contribution in [0.15, 0.2) is 0 Å². The van der Waals surface area contributed by atoms with Gasteiger partial charge in [-0.15, -0.1) is 0 Å². The van der Waals surface area contributed by atoms with Crippen molar-refractivity contribution < 1.29 is 14.3 Å². The maximum Gasteiger partial charge on any atom is 0.325 e. The number of hydrogen-bond donors (Lipinski definition) is 1. The minimum absolute atomic E-state index is 0.272. The van der Waals surface area contributed by atoms with Gasteiger partial charge in [0.25, 0.3) is 0 Å². The monoisotopic (exact) mass is 243 g/mol. The van der Waals surface area contributed by atoms with Crippen molar-refractivity contribution in [1.29, 1.82) is 0 Å². The van der Waals surface area contributed by atoms with Crippen molar-refractivity contribution >= 4 is 5.97 Å². The van der Waals surface area contributed by atoms with Crippen LogP contribution in [0, 0.1) is 5.92 Å². The summed E-state index contributed by atoms with van der Waals surface area (Å²) in [5.41, 5.74) is 5.71. The topological polar surface area (TPSA) is 61.5 Å². The lowest BCUT2D eigenvalue weighted by atomic mass is 9.85. The maximum absolute atomic E-state index is 11.3. The first-order chi connectivity index (χ1) is 8.19. The molecule has 0 bridgehead atoms. The molecule has 0 spiro atoms. The Morgan fingerprint density at radius 3 is 2.71 bits per heavy atom. The van der Waals surface area contributed by atoms with E-state index < -0.39 is 6.04 Å². The van der Waals surface area contributed by atoms with Crippen molar-refractivity contribution in [1.82, 2.24) is 0 Å². The van der Waals surface area contributed by atoms with Crippen LogP contribution in [-0.2, 0) is 14.3 Å². The number of esters is 1. The Balaban J connectivity index is 2.30. The smallest absolute Gasteiger partial charge is 0.325 e. The summed E-state index contributed by atoms with van der Waals surface area (Å²) in [7, 11) is 0. The van der Waals surface area contributed by atoms with Crippen molar-refractivity contribution in [2.75, 3.05) is 13.2 Å². The van der Waals surface area contributed by atoms with Crippen molar-refractivity contribution in [3.05, 3.63) is 0 Å². The zero-order valence-electron chi connectivity index (χ0n) is 11.0. The third-order valence-corrected chi connectivity index (χ3v) is 3.44. The number of carbonyl (C=O) groups is 1. The molecular formula is C13H25NO3. The number of rotatable bonds is 6. The first kappa shape index (κ1) is 14.5. The molecule has 3 unspecified atom stereocenters. The molecule has 1 saturated carbocycles. The van der Waals surface area contributed by atoms with E-state index in [1.165, 1.54) is 19.3 Å². The predicted octanol–water partition coefficient (Wildman–Crippen LogP) is 1.86. The Bertz CT molecular complexity index is 233. The van der Waals surface area contributed by atoms with Gasteiger partial charge in [-0.3, -0.25) is 4.79 Å². The lowest BCUT2D eigenvalue weighted by Crippen LogP contribution is -2.39. The van der Waals surface area contributed by atoms with Gasteiger partial charge < -0.3 is 15.2 Å². The summed E-state index contributed by atoms with van der Waals surface area (Å²) in [6.07, 6.45) is 6.25. The minimum atomic E-state index is -0.644. The fourth-order valence-corrected chi connectivity index (χ4v) is 2.40. The van der Waals surface area contributed by atoms with Gasteiger partial charge >= 0.3 is 5.97 Å². The molecule has 0 heterocycles. The fourth-order valence-electron chi connectivity index (χ4n) is 2.40. The van der Waals surface area contributed by atoms with E-state index in [4.69, 9.17) is 15.2 Å². The van der Waals surface area contributed by atoms with Crippen LogP contribution in [0.5, 0.6) is 0 Å². The van der Waals surface area contributed by atoms with Gasteiger partial charge in [0.15, 0.2) is 0 Å². The molecule has 0 aliphatic heterocycles. The summed E-state index contributed by atoms with van der Waals surface area (Å²) in [5, 5.41) is 0. The Labute approximate surface area is 104 Å². The Hall–Kier alpha value is -0.610.